The molecular weight excluding hydrogens is 399 g/mol. The molecule has 0 fully saturated rings. The number of carbonyl (C=O) groups is 2. The summed E-state index contributed by atoms with van der Waals surface area (Å²) < 4.78 is 13.9. The summed E-state index contributed by atoms with van der Waals surface area (Å²) in [5.41, 5.74) is 2.24. The maximum atomic E-state index is 13.1. The summed E-state index contributed by atoms with van der Waals surface area (Å²) in [5.74, 6) is -1.12. The zero-order chi connectivity index (χ0) is 22.0. The predicted octanol–water partition coefficient (Wildman–Crippen LogP) is 2.29. The van der Waals surface area contributed by atoms with Crippen LogP contribution < -0.4 is 15.8 Å². The maximum absolute atomic E-state index is 13.1. The second-order valence-electron chi connectivity index (χ2n) is 7.47. The first kappa shape index (κ1) is 20.5. The van der Waals surface area contributed by atoms with Crippen LogP contribution in [0.25, 0.3) is 0 Å². The number of anilines is 1. The molecule has 1 N–H and O–H groups in total. The molecule has 1 aromatic heterocycles. The lowest BCUT2D eigenvalue weighted by atomic mass is 10.1. The highest BCUT2D eigenvalue weighted by Gasteiger charge is 2.32. The molecule has 1 atom stereocenters. The van der Waals surface area contributed by atoms with Crippen LogP contribution in [0.15, 0.2) is 65.5 Å². The Balaban J connectivity index is 1.48. The van der Waals surface area contributed by atoms with Gasteiger partial charge in [-0.1, -0.05) is 30.3 Å². The van der Waals surface area contributed by atoms with Gasteiger partial charge in [-0.25, -0.2) is 9.07 Å². The second-order valence-corrected chi connectivity index (χ2v) is 7.47. The summed E-state index contributed by atoms with van der Waals surface area (Å²) in [6, 6.07) is 16.0. The SMILES string of the molecule is C[C@@H]1Cc2ccccc2N1C(=O)c1ccc(=O)n(CC(=O)NCc2ccc(F)cc2)n1. The molecule has 0 saturated heterocycles. The number of fused-ring (bicyclic) bond motifs is 1. The van der Waals surface area contributed by atoms with E-state index in [9.17, 15) is 18.8 Å². The topological polar surface area (TPSA) is 84.3 Å². The van der Waals surface area contributed by atoms with Gasteiger partial charge >= 0.3 is 0 Å². The second kappa shape index (κ2) is 8.51. The normalized spacial score (nSPS) is 14.9. The highest BCUT2D eigenvalue weighted by atomic mass is 19.1. The molecule has 0 bridgehead atoms. The van der Waals surface area contributed by atoms with E-state index in [0.717, 1.165) is 27.9 Å². The summed E-state index contributed by atoms with van der Waals surface area (Å²) in [6.07, 6.45) is 0.743. The average molecular weight is 420 g/mol. The molecule has 2 aromatic carbocycles. The van der Waals surface area contributed by atoms with Crippen LogP contribution in [0.3, 0.4) is 0 Å². The fraction of sp³-hybridized carbons (Fsp3) is 0.217. The molecule has 3 aromatic rings. The highest BCUT2D eigenvalue weighted by molar-refractivity contribution is 6.06. The standard InChI is InChI=1S/C23H21FN4O3/c1-15-12-17-4-2-3-5-20(17)28(15)23(31)19-10-11-22(30)27(26-19)14-21(29)25-13-16-6-8-18(24)9-7-16/h2-11,15H,12-14H2,1H3,(H,25,29)/t15-/m1/s1. The Morgan fingerprint density at radius 3 is 2.61 bits per heavy atom. The van der Waals surface area contributed by atoms with Crippen molar-refractivity contribution in [2.75, 3.05) is 4.90 Å². The van der Waals surface area contributed by atoms with Crippen molar-refractivity contribution in [3.63, 3.8) is 0 Å². The van der Waals surface area contributed by atoms with Crippen molar-refractivity contribution in [2.45, 2.75) is 32.5 Å². The third-order valence-electron chi connectivity index (χ3n) is 5.21. The van der Waals surface area contributed by atoms with E-state index in [1.165, 1.54) is 24.3 Å². The lowest BCUT2D eigenvalue weighted by molar-refractivity contribution is -0.122. The summed E-state index contributed by atoms with van der Waals surface area (Å²) in [5, 5.41) is 6.79. The van der Waals surface area contributed by atoms with Gasteiger partial charge in [0.15, 0.2) is 0 Å². The molecule has 31 heavy (non-hydrogen) atoms. The van der Waals surface area contributed by atoms with Crippen LogP contribution in [0.1, 0.15) is 28.5 Å². The van der Waals surface area contributed by atoms with E-state index >= 15 is 0 Å². The van der Waals surface area contributed by atoms with Gasteiger partial charge in [-0.3, -0.25) is 14.4 Å². The molecule has 0 radical (unpaired) electrons. The Labute approximate surface area is 178 Å². The minimum atomic E-state index is -0.483. The molecule has 0 aliphatic carbocycles. The number of aromatic nitrogens is 2. The van der Waals surface area contributed by atoms with Crippen LogP contribution >= 0.6 is 0 Å². The zero-order valence-electron chi connectivity index (χ0n) is 16.9. The number of nitrogens with zero attached hydrogens (tertiary/aromatic N) is 3. The molecule has 2 amide bonds. The number of amides is 2. The molecule has 1 aliphatic heterocycles. The Kier molecular flexibility index (Phi) is 5.62. The van der Waals surface area contributed by atoms with Crippen molar-refractivity contribution in [1.29, 1.82) is 0 Å². The summed E-state index contributed by atoms with van der Waals surface area (Å²) >= 11 is 0. The van der Waals surface area contributed by atoms with Gasteiger partial charge in [0.2, 0.25) is 5.91 Å². The van der Waals surface area contributed by atoms with Gasteiger partial charge in [0.05, 0.1) is 0 Å². The summed E-state index contributed by atoms with van der Waals surface area (Å²) in [6.45, 7) is 1.82. The van der Waals surface area contributed by atoms with Crippen molar-refractivity contribution >= 4 is 17.5 Å². The van der Waals surface area contributed by atoms with Gasteiger partial charge in [0, 0.05) is 24.3 Å². The number of nitrogens with one attached hydrogen (secondary N) is 1. The predicted molar refractivity (Wildman–Crippen MR) is 113 cm³/mol. The Morgan fingerprint density at radius 2 is 1.84 bits per heavy atom. The first-order valence-corrected chi connectivity index (χ1v) is 9.93. The lowest BCUT2D eigenvalue weighted by Crippen LogP contribution is -2.38. The van der Waals surface area contributed by atoms with Gasteiger partial charge in [-0.15, -0.1) is 0 Å². The van der Waals surface area contributed by atoms with Crippen molar-refractivity contribution in [2.24, 2.45) is 0 Å². The van der Waals surface area contributed by atoms with E-state index in [4.69, 9.17) is 0 Å². The highest BCUT2D eigenvalue weighted by Crippen LogP contribution is 2.32. The Bertz CT molecular complexity index is 1190. The molecule has 7 nitrogen and oxygen atoms in total. The average Bonchev–Trinajstić information content (AvgIpc) is 3.10. The van der Waals surface area contributed by atoms with Crippen molar-refractivity contribution in [3.05, 3.63) is 93.7 Å². The Hall–Kier alpha value is -3.81. The van der Waals surface area contributed by atoms with Crippen LogP contribution in [-0.2, 0) is 24.3 Å². The van der Waals surface area contributed by atoms with Crippen molar-refractivity contribution in [3.8, 4) is 0 Å². The lowest BCUT2D eigenvalue weighted by Gasteiger charge is -2.22. The fourth-order valence-corrected chi connectivity index (χ4v) is 3.67. The number of hydrogen-bond acceptors (Lipinski definition) is 4. The fourth-order valence-electron chi connectivity index (χ4n) is 3.67. The van der Waals surface area contributed by atoms with Crippen molar-refractivity contribution < 1.29 is 14.0 Å². The molecule has 1 aliphatic rings. The van der Waals surface area contributed by atoms with Gasteiger partial charge in [0.25, 0.3) is 11.5 Å². The smallest absolute Gasteiger partial charge is 0.278 e. The van der Waals surface area contributed by atoms with Crippen molar-refractivity contribution in [1.82, 2.24) is 15.1 Å². The summed E-state index contributed by atoms with van der Waals surface area (Å²) in [7, 11) is 0. The van der Waals surface area contributed by atoms with Crippen LogP contribution in [-0.4, -0.2) is 27.6 Å². The van der Waals surface area contributed by atoms with E-state index < -0.39 is 11.5 Å². The molecule has 158 valence electrons. The molecular formula is C23H21FN4O3. The largest absolute Gasteiger partial charge is 0.350 e. The molecule has 0 unspecified atom stereocenters. The van der Waals surface area contributed by atoms with Crippen LogP contribution in [0, 0.1) is 5.82 Å². The van der Waals surface area contributed by atoms with E-state index in [1.807, 2.05) is 31.2 Å². The molecule has 0 spiro atoms. The molecule has 4 rings (SSSR count). The quantitative estimate of drug-likeness (QED) is 0.687. The number of para-hydroxylation sites is 1. The molecule has 0 saturated carbocycles. The van der Waals surface area contributed by atoms with Crippen LogP contribution in [0.4, 0.5) is 10.1 Å². The molecule has 2 heterocycles. The van der Waals surface area contributed by atoms with Gasteiger partial charge in [-0.2, -0.15) is 5.10 Å². The zero-order valence-corrected chi connectivity index (χ0v) is 16.9. The number of halogens is 1. The third-order valence-corrected chi connectivity index (χ3v) is 5.21. The summed E-state index contributed by atoms with van der Waals surface area (Å²) in [4.78, 5) is 39.2. The van der Waals surface area contributed by atoms with E-state index in [-0.39, 0.29) is 36.5 Å². The first-order valence-electron chi connectivity index (χ1n) is 9.93. The first-order chi connectivity index (χ1) is 14.9. The minimum absolute atomic E-state index is 0.0360. The van der Waals surface area contributed by atoms with E-state index in [2.05, 4.69) is 10.4 Å². The van der Waals surface area contributed by atoms with Gasteiger partial charge in [0.1, 0.15) is 18.1 Å². The van der Waals surface area contributed by atoms with Gasteiger partial charge in [-0.05, 0) is 48.7 Å². The Morgan fingerprint density at radius 1 is 1.10 bits per heavy atom. The number of hydrogen-bond donors (Lipinski definition) is 1. The molecule has 8 heteroatoms. The number of benzene rings is 2. The number of carbonyl (C=O) groups excluding carboxylic acids is 2. The van der Waals surface area contributed by atoms with Crippen LogP contribution in [0.2, 0.25) is 0 Å². The van der Waals surface area contributed by atoms with Gasteiger partial charge < -0.3 is 10.2 Å². The van der Waals surface area contributed by atoms with Crippen LogP contribution in [0.5, 0.6) is 0 Å². The van der Waals surface area contributed by atoms with E-state index in [0.29, 0.717) is 0 Å². The number of rotatable bonds is 5. The third kappa shape index (κ3) is 4.37. The van der Waals surface area contributed by atoms with E-state index in [1.54, 1.807) is 17.0 Å². The minimum Gasteiger partial charge on any atom is -0.350 e. The monoisotopic (exact) mass is 420 g/mol. The maximum Gasteiger partial charge on any atom is 0.278 e.